The molecule has 3 amide bonds. The standard InChI is InChI=1S/C25H28N6O3/c26-19(11-15-13-29-20-7-3-1-5-17(15)20)25(34)28-10-9-23(32)31-22(24(27)33)12-16-14-30-21-8-4-2-6-18(16)21/h1-8,13-14,19,22,29-30H,9-12,26H2,(H2,27,33)(H,28,34)(H,31,32)/t19-,22+/m1/s1. The minimum Gasteiger partial charge on any atom is -0.368 e. The van der Waals surface area contributed by atoms with E-state index in [0.717, 1.165) is 32.9 Å². The molecule has 4 aromatic rings. The third-order valence-corrected chi connectivity index (χ3v) is 5.88. The number of primary amides is 1. The zero-order valence-electron chi connectivity index (χ0n) is 18.6. The van der Waals surface area contributed by atoms with Crippen molar-refractivity contribution in [3.63, 3.8) is 0 Å². The fourth-order valence-electron chi connectivity index (χ4n) is 4.07. The van der Waals surface area contributed by atoms with Crippen molar-refractivity contribution in [2.45, 2.75) is 31.3 Å². The second kappa shape index (κ2) is 10.2. The van der Waals surface area contributed by atoms with Crippen molar-refractivity contribution < 1.29 is 14.4 Å². The molecule has 0 fully saturated rings. The number of benzene rings is 2. The van der Waals surface area contributed by atoms with Crippen LogP contribution in [0.4, 0.5) is 0 Å². The van der Waals surface area contributed by atoms with Crippen LogP contribution in [0.1, 0.15) is 17.5 Å². The maximum atomic E-state index is 12.4. The lowest BCUT2D eigenvalue weighted by molar-refractivity contribution is -0.127. The summed E-state index contributed by atoms with van der Waals surface area (Å²) in [5.74, 6) is -1.35. The number of fused-ring (bicyclic) bond motifs is 2. The van der Waals surface area contributed by atoms with Crippen molar-refractivity contribution in [1.82, 2.24) is 20.6 Å². The highest BCUT2D eigenvalue weighted by atomic mass is 16.2. The molecule has 0 saturated carbocycles. The van der Waals surface area contributed by atoms with E-state index in [4.69, 9.17) is 11.5 Å². The lowest BCUT2D eigenvalue weighted by Crippen LogP contribution is -2.47. The Kier molecular flexibility index (Phi) is 6.93. The van der Waals surface area contributed by atoms with Crippen molar-refractivity contribution in [2.75, 3.05) is 6.54 Å². The molecular weight excluding hydrogens is 432 g/mol. The van der Waals surface area contributed by atoms with Crippen molar-refractivity contribution in [2.24, 2.45) is 11.5 Å². The molecule has 0 aliphatic heterocycles. The van der Waals surface area contributed by atoms with Crippen molar-refractivity contribution >= 4 is 39.5 Å². The number of amides is 3. The molecule has 0 unspecified atom stereocenters. The smallest absolute Gasteiger partial charge is 0.240 e. The highest BCUT2D eigenvalue weighted by molar-refractivity contribution is 5.89. The summed E-state index contributed by atoms with van der Waals surface area (Å²) in [6.07, 6.45) is 4.30. The predicted octanol–water partition coefficient (Wildman–Crippen LogP) is 1.24. The van der Waals surface area contributed by atoms with Crippen LogP contribution in [-0.2, 0) is 27.2 Å². The lowest BCUT2D eigenvalue weighted by atomic mass is 10.0. The molecular formula is C25H28N6O3. The molecule has 9 heteroatoms. The van der Waals surface area contributed by atoms with Crippen LogP contribution in [0.2, 0.25) is 0 Å². The number of nitrogens with two attached hydrogens (primary N) is 2. The highest BCUT2D eigenvalue weighted by Gasteiger charge is 2.21. The summed E-state index contributed by atoms with van der Waals surface area (Å²) >= 11 is 0. The number of carbonyl (C=O) groups is 3. The lowest BCUT2D eigenvalue weighted by Gasteiger charge is -2.16. The van der Waals surface area contributed by atoms with E-state index >= 15 is 0 Å². The first-order chi connectivity index (χ1) is 16.4. The Hall–Kier alpha value is -4.11. The van der Waals surface area contributed by atoms with Gasteiger partial charge in [-0.15, -0.1) is 0 Å². The number of carbonyl (C=O) groups excluding carboxylic acids is 3. The molecule has 2 atom stereocenters. The minimum absolute atomic E-state index is 0.00318. The molecule has 0 radical (unpaired) electrons. The molecule has 0 bridgehead atoms. The monoisotopic (exact) mass is 460 g/mol. The van der Waals surface area contributed by atoms with Gasteiger partial charge in [-0.3, -0.25) is 14.4 Å². The Balaban J connectivity index is 1.26. The number of hydrogen-bond donors (Lipinski definition) is 6. The molecule has 0 aliphatic rings. The molecule has 2 aromatic carbocycles. The first-order valence-electron chi connectivity index (χ1n) is 11.1. The zero-order valence-corrected chi connectivity index (χ0v) is 18.6. The average Bonchev–Trinajstić information content (AvgIpc) is 3.43. The van der Waals surface area contributed by atoms with E-state index in [1.165, 1.54) is 0 Å². The summed E-state index contributed by atoms with van der Waals surface area (Å²) in [5, 5.41) is 7.35. The van der Waals surface area contributed by atoms with Gasteiger partial charge in [-0.1, -0.05) is 36.4 Å². The van der Waals surface area contributed by atoms with Gasteiger partial charge in [-0.25, -0.2) is 0 Å². The van der Waals surface area contributed by atoms with Crippen LogP contribution < -0.4 is 22.1 Å². The second-order valence-corrected chi connectivity index (χ2v) is 8.30. The van der Waals surface area contributed by atoms with Gasteiger partial charge < -0.3 is 32.1 Å². The Morgan fingerprint density at radius 3 is 2.00 bits per heavy atom. The summed E-state index contributed by atoms with van der Waals surface area (Å²) in [7, 11) is 0. The van der Waals surface area contributed by atoms with Crippen LogP contribution in [0.15, 0.2) is 60.9 Å². The van der Waals surface area contributed by atoms with Crippen LogP contribution in [0.5, 0.6) is 0 Å². The van der Waals surface area contributed by atoms with Gasteiger partial charge in [0, 0.05) is 53.6 Å². The summed E-state index contributed by atoms with van der Waals surface area (Å²) in [4.78, 5) is 43.0. The Morgan fingerprint density at radius 2 is 1.41 bits per heavy atom. The molecule has 176 valence electrons. The van der Waals surface area contributed by atoms with Gasteiger partial charge in [0.15, 0.2) is 0 Å². The van der Waals surface area contributed by atoms with Crippen molar-refractivity contribution in [3.05, 3.63) is 72.1 Å². The number of para-hydroxylation sites is 2. The zero-order chi connectivity index (χ0) is 24.1. The van der Waals surface area contributed by atoms with Gasteiger partial charge in [0.2, 0.25) is 17.7 Å². The van der Waals surface area contributed by atoms with Gasteiger partial charge in [-0.2, -0.15) is 0 Å². The third-order valence-electron chi connectivity index (χ3n) is 5.88. The van der Waals surface area contributed by atoms with E-state index in [-0.39, 0.29) is 31.2 Å². The van der Waals surface area contributed by atoms with Gasteiger partial charge in [0.25, 0.3) is 0 Å². The molecule has 9 nitrogen and oxygen atoms in total. The van der Waals surface area contributed by atoms with Crippen LogP contribution in [0.3, 0.4) is 0 Å². The van der Waals surface area contributed by atoms with E-state index in [1.807, 2.05) is 60.9 Å². The third kappa shape index (κ3) is 5.26. The number of rotatable bonds is 10. The van der Waals surface area contributed by atoms with Crippen molar-refractivity contribution in [3.8, 4) is 0 Å². The molecule has 0 aliphatic carbocycles. The molecule has 8 N–H and O–H groups in total. The molecule has 0 saturated heterocycles. The summed E-state index contributed by atoms with van der Waals surface area (Å²) in [5.41, 5.74) is 15.4. The molecule has 4 rings (SSSR count). The average molecular weight is 461 g/mol. The van der Waals surface area contributed by atoms with Gasteiger partial charge >= 0.3 is 0 Å². The fraction of sp³-hybridized carbons (Fsp3) is 0.240. The molecule has 34 heavy (non-hydrogen) atoms. The number of hydrogen-bond acceptors (Lipinski definition) is 4. The van der Waals surface area contributed by atoms with Gasteiger partial charge in [0.1, 0.15) is 6.04 Å². The van der Waals surface area contributed by atoms with Gasteiger partial charge in [-0.05, 0) is 29.7 Å². The van der Waals surface area contributed by atoms with Crippen LogP contribution in [-0.4, -0.2) is 46.3 Å². The largest absolute Gasteiger partial charge is 0.368 e. The molecule has 2 aromatic heterocycles. The van der Waals surface area contributed by atoms with Crippen LogP contribution in [0.25, 0.3) is 21.8 Å². The second-order valence-electron chi connectivity index (χ2n) is 8.30. The fourth-order valence-corrected chi connectivity index (χ4v) is 4.07. The quantitative estimate of drug-likeness (QED) is 0.210. The highest BCUT2D eigenvalue weighted by Crippen LogP contribution is 2.20. The maximum Gasteiger partial charge on any atom is 0.240 e. The van der Waals surface area contributed by atoms with Crippen molar-refractivity contribution in [1.29, 1.82) is 0 Å². The first-order valence-corrected chi connectivity index (χ1v) is 11.1. The van der Waals surface area contributed by atoms with Gasteiger partial charge in [0.05, 0.1) is 6.04 Å². The normalized spacial score (nSPS) is 13.0. The number of nitrogens with one attached hydrogen (secondary N) is 4. The summed E-state index contributed by atoms with van der Waals surface area (Å²) in [6.45, 7) is 0.102. The van der Waals surface area contributed by atoms with E-state index in [9.17, 15) is 14.4 Å². The van der Waals surface area contributed by atoms with E-state index < -0.39 is 18.0 Å². The number of aromatic nitrogens is 2. The molecule has 0 spiro atoms. The first kappa shape index (κ1) is 23.1. The predicted molar refractivity (Wildman–Crippen MR) is 131 cm³/mol. The summed E-state index contributed by atoms with van der Waals surface area (Å²) < 4.78 is 0. The van der Waals surface area contributed by atoms with E-state index in [0.29, 0.717) is 6.42 Å². The summed E-state index contributed by atoms with van der Waals surface area (Å²) in [6, 6.07) is 13.9. The Labute approximate surface area is 196 Å². The number of H-pyrrole nitrogens is 2. The van der Waals surface area contributed by atoms with E-state index in [2.05, 4.69) is 20.6 Å². The molecule has 2 heterocycles. The number of aromatic amines is 2. The Morgan fingerprint density at radius 1 is 0.853 bits per heavy atom. The minimum atomic E-state index is -0.855. The topological polar surface area (TPSA) is 159 Å². The maximum absolute atomic E-state index is 12.4. The van der Waals surface area contributed by atoms with Crippen LogP contribution >= 0.6 is 0 Å². The SMILES string of the molecule is NC(=O)[C@H](Cc1c[nH]c2ccccc12)NC(=O)CCNC(=O)[C@H](N)Cc1c[nH]c2ccccc12. The van der Waals surface area contributed by atoms with Crippen LogP contribution in [0, 0.1) is 0 Å². The Bertz CT molecular complexity index is 1320. The van der Waals surface area contributed by atoms with E-state index in [1.54, 1.807) is 0 Å².